The summed E-state index contributed by atoms with van der Waals surface area (Å²) in [6.45, 7) is 8.33. The molecule has 0 radical (unpaired) electrons. The van der Waals surface area contributed by atoms with E-state index < -0.39 is 0 Å². The zero-order valence-electron chi connectivity index (χ0n) is 14.5. The van der Waals surface area contributed by atoms with Gasteiger partial charge < -0.3 is 9.80 Å². The van der Waals surface area contributed by atoms with Gasteiger partial charge in [0.15, 0.2) is 0 Å². The quantitative estimate of drug-likeness (QED) is 0.841. The molecule has 0 spiro atoms. The Labute approximate surface area is 143 Å². The van der Waals surface area contributed by atoms with Crippen LogP contribution in [0.3, 0.4) is 0 Å². The fourth-order valence-electron chi connectivity index (χ4n) is 3.71. The van der Waals surface area contributed by atoms with E-state index in [1.807, 2.05) is 4.90 Å². The molecular weight excluding hydrogens is 302 g/mol. The van der Waals surface area contributed by atoms with Crippen LogP contribution in [0.1, 0.15) is 32.3 Å². The molecule has 24 heavy (non-hydrogen) atoms. The maximum absolute atomic E-state index is 12.7. The highest BCUT2D eigenvalue weighted by molar-refractivity contribution is 5.83. The number of hydrogen-bond donors (Lipinski definition) is 0. The second kappa shape index (κ2) is 7.18. The Hall–Kier alpha value is -2.13. The average Bonchev–Trinajstić information content (AvgIpc) is 2.62. The van der Waals surface area contributed by atoms with E-state index in [1.165, 1.54) is 0 Å². The van der Waals surface area contributed by atoms with Crippen LogP contribution in [0.2, 0.25) is 0 Å². The van der Waals surface area contributed by atoms with Gasteiger partial charge in [-0.05, 0) is 38.8 Å². The molecule has 6 heteroatoms. The molecule has 6 nitrogen and oxygen atoms in total. The average molecular weight is 327 g/mol. The van der Waals surface area contributed by atoms with E-state index in [-0.39, 0.29) is 18.0 Å². The van der Waals surface area contributed by atoms with E-state index in [9.17, 15) is 10.1 Å². The van der Waals surface area contributed by atoms with Crippen molar-refractivity contribution in [1.29, 1.82) is 5.26 Å². The van der Waals surface area contributed by atoms with Gasteiger partial charge in [-0.2, -0.15) is 5.26 Å². The Morgan fingerprint density at radius 3 is 2.67 bits per heavy atom. The lowest BCUT2D eigenvalue weighted by atomic mass is 10.0. The number of carbonyl (C=O) groups excluding carboxylic acids is 1. The van der Waals surface area contributed by atoms with Crippen molar-refractivity contribution in [2.24, 2.45) is 0 Å². The minimum Gasteiger partial charge on any atom is -0.353 e. The summed E-state index contributed by atoms with van der Waals surface area (Å²) in [5.74, 6) is 1.04. The molecule has 1 aromatic rings. The number of anilines is 1. The second-order valence-corrected chi connectivity index (χ2v) is 6.79. The van der Waals surface area contributed by atoms with Crippen molar-refractivity contribution in [3.05, 3.63) is 23.9 Å². The van der Waals surface area contributed by atoms with E-state index in [0.29, 0.717) is 5.56 Å². The Balaban J connectivity index is 1.65. The predicted octanol–water partition coefficient (Wildman–Crippen LogP) is 1.47. The first-order valence-electron chi connectivity index (χ1n) is 8.76. The number of pyridine rings is 1. The minimum absolute atomic E-state index is 0.0162. The first-order valence-corrected chi connectivity index (χ1v) is 8.76. The van der Waals surface area contributed by atoms with Gasteiger partial charge >= 0.3 is 0 Å². The van der Waals surface area contributed by atoms with Crippen LogP contribution in [0.25, 0.3) is 0 Å². The molecule has 2 aliphatic heterocycles. The van der Waals surface area contributed by atoms with E-state index in [4.69, 9.17) is 0 Å². The molecular formula is C18H25N5O. The molecule has 0 aromatic carbocycles. The Bertz CT molecular complexity index is 631. The fraction of sp³-hybridized carbons (Fsp3) is 0.611. The summed E-state index contributed by atoms with van der Waals surface area (Å²) in [4.78, 5) is 23.6. The third-order valence-corrected chi connectivity index (χ3v) is 5.03. The van der Waals surface area contributed by atoms with Crippen LogP contribution in [-0.4, -0.2) is 65.5 Å². The summed E-state index contributed by atoms with van der Waals surface area (Å²) < 4.78 is 0. The van der Waals surface area contributed by atoms with Gasteiger partial charge in [0.25, 0.3) is 0 Å². The van der Waals surface area contributed by atoms with Crippen LogP contribution in [0.4, 0.5) is 5.82 Å². The monoisotopic (exact) mass is 327 g/mol. The Kier molecular flexibility index (Phi) is 5.00. The molecule has 0 aliphatic carbocycles. The van der Waals surface area contributed by atoms with Gasteiger partial charge in [-0.25, -0.2) is 4.98 Å². The van der Waals surface area contributed by atoms with Crippen molar-refractivity contribution in [2.75, 3.05) is 37.6 Å². The van der Waals surface area contributed by atoms with Crippen molar-refractivity contribution in [2.45, 2.75) is 38.8 Å². The number of aromatic nitrogens is 1. The molecule has 2 saturated heterocycles. The van der Waals surface area contributed by atoms with Gasteiger partial charge in [0.2, 0.25) is 5.91 Å². The van der Waals surface area contributed by atoms with Crippen LogP contribution in [0.5, 0.6) is 0 Å². The number of piperidine rings is 1. The van der Waals surface area contributed by atoms with Crippen LogP contribution < -0.4 is 4.90 Å². The van der Waals surface area contributed by atoms with Crippen molar-refractivity contribution >= 4 is 11.7 Å². The van der Waals surface area contributed by atoms with Gasteiger partial charge in [-0.3, -0.25) is 9.69 Å². The largest absolute Gasteiger partial charge is 0.353 e. The van der Waals surface area contributed by atoms with Crippen LogP contribution >= 0.6 is 0 Å². The number of amides is 1. The highest BCUT2D eigenvalue weighted by Crippen LogP contribution is 2.23. The zero-order valence-corrected chi connectivity index (χ0v) is 14.5. The van der Waals surface area contributed by atoms with E-state index in [0.717, 1.165) is 51.4 Å². The number of piperazine rings is 1. The third-order valence-electron chi connectivity index (χ3n) is 5.03. The molecule has 2 fully saturated rings. The molecule has 128 valence electrons. The summed E-state index contributed by atoms with van der Waals surface area (Å²) in [6.07, 6.45) is 3.76. The molecule has 0 bridgehead atoms. The Morgan fingerprint density at radius 2 is 2.00 bits per heavy atom. The number of hydrogen-bond acceptors (Lipinski definition) is 5. The van der Waals surface area contributed by atoms with Crippen molar-refractivity contribution < 1.29 is 4.79 Å². The molecule has 1 atom stereocenters. The molecule has 2 aliphatic rings. The summed E-state index contributed by atoms with van der Waals surface area (Å²) in [5, 5.41) is 9.24. The topological polar surface area (TPSA) is 63.5 Å². The molecule has 0 unspecified atom stereocenters. The summed E-state index contributed by atoms with van der Waals surface area (Å²) in [5.41, 5.74) is 0.616. The lowest BCUT2D eigenvalue weighted by molar-refractivity contribution is -0.142. The number of rotatable bonds is 3. The van der Waals surface area contributed by atoms with Crippen molar-refractivity contribution in [1.82, 2.24) is 14.8 Å². The molecule has 3 heterocycles. The number of carbonyl (C=O) groups is 1. The van der Waals surface area contributed by atoms with Crippen LogP contribution in [0, 0.1) is 11.3 Å². The number of nitrogens with zero attached hydrogens (tertiary/aromatic N) is 5. The highest BCUT2D eigenvalue weighted by atomic mass is 16.2. The molecule has 1 amide bonds. The number of likely N-dealkylation sites (tertiary alicyclic amines) is 1. The lowest BCUT2D eigenvalue weighted by Crippen LogP contribution is -2.58. The van der Waals surface area contributed by atoms with E-state index in [1.54, 1.807) is 18.3 Å². The van der Waals surface area contributed by atoms with E-state index >= 15 is 0 Å². The Morgan fingerprint density at radius 1 is 1.25 bits per heavy atom. The predicted molar refractivity (Wildman–Crippen MR) is 92.6 cm³/mol. The smallest absolute Gasteiger partial charge is 0.240 e. The summed E-state index contributed by atoms with van der Waals surface area (Å²) >= 11 is 0. The van der Waals surface area contributed by atoms with Gasteiger partial charge in [0, 0.05) is 45.0 Å². The maximum atomic E-state index is 12.7. The third kappa shape index (κ3) is 3.22. The lowest BCUT2D eigenvalue weighted by Gasteiger charge is -2.43. The van der Waals surface area contributed by atoms with Gasteiger partial charge in [-0.15, -0.1) is 0 Å². The molecule has 0 saturated carbocycles. The maximum Gasteiger partial charge on any atom is 0.240 e. The second-order valence-electron chi connectivity index (χ2n) is 6.79. The normalized spacial score (nSPS) is 22.8. The first kappa shape index (κ1) is 16.7. The summed E-state index contributed by atoms with van der Waals surface area (Å²) in [7, 11) is 0. The standard InChI is InChI=1S/C18H25N5O/c1-14(2)23-8-4-6-16(18(23)24)21-9-11-22(12-10-21)17-15(13-19)5-3-7-20-17/h3,5,7,14,16H,4,6,8-12H2,1-2H3/t16-/m1/s1. The van der Waals surface area contributed by atoms with Crippen molar-refractivity contribution in [3.8, 4) is 6.07 Å². The van der Waals surface area contributed by atoms with Gasteiger partial charge in [-0.1, -0.05) is 0 Å². The van der Waals surface area contributed by atoms with Crippen LogP contribution in [-0.2, 0) is 4.79 Å². The number of nitriles is 1. The molecule has 1 aromatic heterocycles. The summed E-state index contributed by atoms with van der Waals surface area (Å²) in [6, 6.07) is 6.10. The van der Waals surface area contributed by atoms with E-state index in [2.05, 4.69) is 34.7 Å². The molecule has 3 rings (SSSR count). The van der Waals surface area contributed by atoms with Crippen molar-refractivity contribution in [3.63, 3.8) is 0 Å². The highest BCUT2D eigenvalue weighted by Gasteiger charge is 2.35. The SMILES string of the molecule is CC(C)N1CCC[C@@H](N2CCN(c3ncccc3C#N)CC2)C1=O. The zero-order chi connectivity index (χ0) is 17.1. The molecule has 0 N–H and O–H groups in total. The van der Waals surface area contributed by atoms with Gasteiger partial charge in [0.1, 0.15) is 11.9 Å². The minimum atomic E-state index is 0.0162. The first-order chi connectivity index (χ1) is 11.6. The fourth-order valence-corrected chi connectivity index (χ4v) is 3.71. The van der Waals surface area contributed by atoms with Gasteiger partial charge in [0.05, 0.1) is 11.6 Å². The van der Waals surface area contributed by atoms with Crippen LogP contribution in [0.15, 0.2) is 18.3 Å².